The Morgan fingerprint density at radius 2 is 2.12 bits per heavy atom. The third-order valence-electron chi connectivity index (χ3n) is 2.49. The Labute approximate surface area is 102 Å². The molecule has 17 heavy (non-hydrogen) atoms. The lowest BCUT2D eigenvalue weighted by atomic mass is 10.2. The number of rotatable bonds is 7. The fourth-order valence-electron chi connectivity index (χ4n) is 1.47. The maximum atomic E-state index is 11.2. The molecular weight excluding hydrogens is 216 g/mol. The summed E-state index contributed by atoms with van der Waals surface area (Å²) in [4.78, 5) is 13.2. The van der Waals surface area contributed by atoms with Gasteiger partial charge in [0.15, 0.2) is 0 Å². The van der Waals surface area contributed by atoms with E-state index in [9.17, 15) is 4.79 Å². The smallest absolute Gasteiger partial charge is 0.252 e. The summed E-state index contributed by atoms with van der Waals surface area (Å²) in [6, 6.07) is 7.03. The molecule has 0 spiro atoms. The van der Waals surface area contributed by atoms with E-state index < -0.39 is 5.91 Å². The maximum Gasteiger partial charge on any atom is 0.252 e. The summed E-state index contributed by atoms with van der Waals surface area (Å²) in [6.45, 7) is 3.59. The number of benzene rings is 1. The van der Waals surface area contributed by atoms with Crippen molar-refractivity contribution in [2.24, 2.45) is 5.73 Å². The van der Waals surface area contributed by atoms with Gasteiger partial charge in [0.2, 0.25) is 0 Å². The summed E-state index contributed by atoms with van der Waals surface area (Å²) in [7, 11) is 1.99. The molecule has 0 heterocycles. The second kappa shape index (κ2) is 6.91. The number of primary amides is 1. The van der Waals surface area contributed by atoms with Gasteiger partial charge < -0.3 is 10.5 Å². The molecule has 4 nitrogen and oxygen atoms in total. The van der Waals surface area contributed by atoms with Crippen molar-refractivity contribution in [2.75, 3.05) is 20.3 Å². The van der Waals surface area contributed by atoms with E-state index in [0.717, 1.165) is 19.4 Å². The monoisotopic (exact) mass is 236 g/mol. The first-order valence-electron chi connectivity index (χ1n) is 5.85. The minimum absolute atomic E-state index is 0.427. The number of ether oxygens (including phenoxy) is 1. The second-order valence-electron chi connectivity index (χ2n) is 4.07. The van der Waals surface area contributed by atoms with Crippen LogP contribution in [-0.2, 0) is 0 Å². The van der Waals surface area contributed by atoms with E-state index in [1.807, 2.05) is 13.1 Å². The van der Waals surface area contributed by atoms with Crippen molar-refractivity contribution in [2.45, 2.75) is 19.8 Å². The standard InChI is InChI=1S/C13H20N2O2/c1-3-4-9-15(2)10-17-12-8-6-5-7-11(12)13(14)16/h5-8H,3-4,9-10H2,1-2H3,(H2,14,16). The summed E-state index contributed by atoms with van der Waals surface area (Å²) < 4.78 is 5.58. The van der Waals surface area contributed by atoms with Crippen molar-refractivity contribution in [1.29, 1.82) is 0 Å². The second-order valence-corrected chi connectivity index (χ2v) is 4.07. The largest absolute Gasteiger partial charge is 0.477 e. The van der Waals surface area contributed by atoms with Crippen LogP contribution in [0, 0.1) is 0 Å². The molecular formula is C13H20N2O2. The van der Waals surface area contributed by atoms with Gasteiger partial charge in [-0.1, -0.05) is 25.5 Å². The van der Waals surface area contributed by atoms with Crippen LogP contribution in [0.5, 0.6) is 5.75 Å². The molecule has 2 N–H and O–H groups in total. The van der Waals surface area contributed by atoms with Crippen LogP contribution in [-0.4, -0.2) is 31.1 Å². The predicted molar refractivity (Wildman–Crippen MR) is 68.0 cm³/mol. The molecule has 0 radical (unpaired) electrons. The molecule has 94 valence electrons. The lowest BCUT2D eigenvalue weighted by Gasteiger charge is -2.17. The van der Waals surface area contributed by atoms with Crippen LogP contribution in [0.4, 0.5) is 0 Å². The van der Waals surface area contributed by atoms with Gasteiger partial charge in [-0.3, -0.25) is 9.69 Å². The zero-order chi connectivity index (χ0) is 12.7. The molecule has 1 amide bonds. The lowest BCUT2D eigenvalue weighted by Crippen LogP contribution is -2.25. The first kappa shape index (κ1) is 13.5. The number of nitrogens with zero attached hydrogens (tertiary/aromatic N) is 1. The van der Waals surface area contributed by atoms with Crippen LogP contribution in [0.1, 0.15) is 30.1 Å². The first-order chi connectivity index (χ1) is 8.15. The Bertz CT molecular complexity index is 366. The van der Waals surface area contributed by atoms with Crippen molar-refractivity contribution >= 4 is 5.91 Å². The Morgan fingerprint density at radius 3 is 2.76 bits per heavy atom. The molecule has 1 aromatic rings. The lowest BCUT2D eigenvalue weighted by molar-refractivity contribution is 0.0989. The van der Waals surface area contributed by atoms with Crippen LogP contribution in [0.2, 0.25) is 0 Å². The molecule has 1 rings (SSSR count). The summed E-state index contributed by atoms with van der Waals surface area (Å²) in [5, 5.41) is 0. The Balaban J connectivity index is 2.54. The normalized spacial score (nSPS) is 10.5. The minimum atomic E-state index is -0.461. The minimum Gasteiger partial charge on any atom is -0.477 e. The Morgan fingerprint density at radius 1 is 1.41 bits per heavy atom. The van der Waals surface area contributed by atoms with E-state index in [1.165, 1.54) is 0 Å². The zero-order valence-corrected chi connectivity index (χ0v) is 10.5. The molecule has 0 atom stereocenters. The predicted octanol–water partition coefficient (Wildman–Crippen LogP) is 1.85. The van der Waals surface area contributed by atoms with Gasteiger partial charge in [-0.05, 0) is 25.6 Å². The average Bonchev–Trinajstić information content (AvgIpc) is 2.34. The van der Waals surface area contributed by atoms with Crippen molar-refractivity contribution < 1.29 is 9.53 Å². The van der Waals surface area contributed by atoms with E-state index in [1.54, 1.807) is 18.2 Å². The highest BCUT2D eigenvalue weighted by Gasteiger charge is 2.08. The molecule has 0 aliphatic heterocycles. The van der Waals surface area contributed by atoms with Crippen molar-refractivity contribution in [3.8, 4) is 5.75 Å². The van der Waals surface area contributed by atoms with E-state index >= 15 is 0 Å². The molecule has 0 saturated carbocycles. The molecule has 0 saturated heterocycles. The van der Waals surface area contributed by atoms with E-state index in [0.29, 0.717) is 18.0 Å². The third kappa shape index (κ3) is 4.44. The van der Waals surface area contributed by atoms with Gasteiger partial charge in [0.05, 0.1) is 5.56 Å². The highest BCUT2D eigenvalue weighted by molar-refractivity contribution is 5.95. The fraction of sp³-hybridized carbons (Fsp3) is 0.462. The van der Waals surface area contributed by atoms with Crippen molar-refractivity contribution in [3.63, 3.8) is 0 Å². The number of amides is 1. The number of hydrogen-bond acceptors (Lipinski definition) is 3. The van der Waals surface area contributed by atoms with Gasteiger partial charge in [-0.15, -0.1) is 0 Å². The SMILES string of the molecule is CCCCN(C)COc1ccccc1C(N)=O. The highest BCUT2D eigenvalue weighted by atomic mass is 16.5. The van der Waals surface area contributed by atoms with Crippen LogP contribution in [0.25, 0.3) is 0 Å². The number of para-hydroxylation sites is 1. The van der Waals surface area contributed by atoms with Gasteiger partial charge in [-0.25, -0.2) is 0 Å². The summed E-state index contributed by atoms with van der Waals surface area (Å²) >= 11 is 0. The molecule has 0 aliphatic rings. The number of unbranched alkanes of at least 4 members (excludes halogenated alkanes) is 1. The molecule has 1 aromatic carbocycles. The van der Waals surface area contributed by atoms with Crippen molar-refractivity contribution in [1.82, 2.24) is 4.90 Å². The fourth-order valence-corrected chi connectivity index (χ4v) is 1.47. The molecule has 4 heteroatoms. The number of carbonyl (C=O) groups is 1. The van der Waals surface area contributed by atoms with Gasteiger partial charge in [-0.2, -0.15) is 0 Å². The topological polar surface area (TPSA) is 55.6 Å². The summed E-state index contributed by atoms with van der Waals surface area (Å²) in [5.74, 6) is 0.0835. The number of nitrogens with two attached hydrogens (primary N) is 1. The van der Waals surface area contributed by atoms with Gasteiger partial charge in [0, 0.05) is 6.54 Å². The van der Waals surface area contributed by atoms with Gasteiger partial charge in [0.1, 0.15) is 12.5 Å². The molecule has 0 fully saturated rings. The molecule has 0 aromatic heterocycles. The maximum absolute atomic E-state index is 11.2. The number of hydrogen-bond donors (Lipinski definition) is 1. The van der Waals surface area contributed by atoms with Crippen LogP contribution in [0.15, 0.2) is 24.3 Å². The molecule has 0 bridgehead atoms. The van der Waals surface area contributed by atoms with E-state index in [4.69, 9.17) is 10.5 Å². The zero-order valence-electron chi connectivity index (χ0n) is 10.5. The summed E-state index contributed by atoms with van der Waals surface area (Å²) in [5.41, 5.74) is 5.70. The third-order valence-corrected chi connectivity index (χ3v) is 2.49. The van der Waals surface area contributed by atoms with E-state index in [2.05, 4.69) is 11.8 Å². The average molecular weight is 236 g/mol. The highest BCUT2D eigenvalue weighted by Crippen LogP contribution is 2.17. The van der Waals surface area contributed by atoms with Gasteiger partial charge in [0.25, 0.3) is 5.91 Å². The number of carbonyl (C=O) groups excluding carboxylic acids is 1. The van der Waals surface area contributed by atoms with Crippen molar-refractivity contribution in [3.05, 3.63) is 29.8 Å². The van der Waals surface area contributed by atoms with E-state index in [-0.39, 0.29) is 0 Å². The van der Waals surface area contributed by atoms with Crippen LogP contribution in [0.3, 0.4) is 0 Å². The quantitative estimate of drug-likeness (QED) is 0.735. The molecule has 0 aliphatic carbocycles. The van der Waals surface area contributed by atoms with Crippen LogP contribution < -0.4 is 10.5 Å². The van der Waals surface area contributed by atoms with Gasteiger partial charge >= 0.3 is 0 Å². The Kier molecular flexibility index (Phi) is 5.49. The molecule has 0 unspecified atom stereocenters. The Hall–Kier alpha value is -1.55. The first-order valence-corrected chi connectivity index (χ1v) is 5.85. The van der Waals surface area contributed by atoms with Crippen LogP contribution >= 0.6 is 0 Å². The summed E-state index contributed by atoms with van der Waals surface area (Å²) in [6.07, 6.45) is 2.29.